The lowest BCUT2D eigenvalue weighted by Crippen LogP contribution is -2.22. The summed E-state index contributed by atoms with van der Waals surface area (Å²) in [6.07, 6.45) is 0. The van der Waals surface area contributed by atoms with E-state index >= 15 is 0 Å². The number of thiophene rings is 1. The number of aliphatic hydroxyl groups excluding tert-OH is 1. The van der Waals surface area contributed by atoms with Gasteiger partial charge in [-0.05, 0) is 30.5 Å². The molecule has 0 saturated heterocycles. The van der Waals surface area contributed by atoms with Crippen LogP contribution in [0.15, 0.2) is 35.7 Å². The van der Waals surface area contributed by atoms with Crippen molar-refractivity contribution in [1.29, 1.82) is 0 Å². The molecule has 102 valence electrons. The molecule has 0 aliphatic carbocycles. The molecule has 0 bridgehead atoms. The van der Waals surface area contributed by atoms with Crippen LogP contribution in [-0.2, 0) is 6.54 Å². The van der Waals surface area contributed by atoms with Crippen LogP contribution in [0.4, 0.5) is 0 Å². The van der Waals surface area contributed by atoms with Crippen LogP contribution in [-0.4, -0.2) is 17.6 Å². The molecule has 1 heterocycles. The molecule has 20 heavy (non-hydrogen) atoms. The van der Waals surface area contributed by atoms with Crippen LogP contribution in [0.2, 0.25) is 0 Å². The number of hydrogen-bond acceptors (Lipinski definition) is 3. The van der Waals surface area contributed by atoms with Crippen molar-refractivity contribution in [2.45, 2.75) is 13.5 Å². The zero-order valence-electron chi connectivity index (χ0n) is 11.1. The monoisotopic (exact) mass is 285 g/mol. The number of amides is 1. The summed E-state index contributed by atoms with van der Waals surface area (Å²) in [5.41, 5.74) is 2.57. The number of carbonyl (C=O) groups excluding carboxylic acids is 1. The number of nitrogens with one attached hydrogen (secondary N) is 1. The Balaban J connectivity index is 2.02. The predicted molar refractivity (Wildman–Crippen MR) is 80.6 cm³/mol. The third kappa shape index (κ3) is 3.70. The molecule has 4 heteroatoms. The zero-order valence-corrected chi connectivity index (χ0v) is 12.0. The van der Waals surface area contributed by atoms with Gasteiger partial charge in [-0.2, -0.15) is 0 Å². The first-order valence-corrected chi connectivity index (χ1v) is 7.09. The van der Waals surface area contributed by atoms with E-state index in [1.807, 2.05) is 36.6 Å². The molecule has 0 spiro atoms. The van der Waals surface area contributed by atoms with Gasteiger partial charge in [0.15, 0.2) is 0 Å². The van der Waals surface area contributed by atoms with Crippen molar-refractivity contribution < 1.29 is 9.90 Å². The predicted octanol–water partition coefficient (Wildman–Crippen LogP) is 2.33. The Kier molecular flexibility index (Phi) is 4.94. The van der Waals surface area contributed by atoms with E-state index in [9.17, 15) is 4.79 Å². The van der Waals surface area contributed by atoms with Gasteiger partial charge < -0.3 is 10.4 Å². The molecule has 1 aromatic heterocycles. The number of aliphatic hydroxyl groups is 1. The van der Waals surface area contributed by atoms with E-state index in [1.165, 1.54) is 0 Å². The van der Waals surface area contributed by atoms with Crippen LogP contribution in [0.25, 0.3) is 0 Å². The lowest BCUT2D eigenvalue weighted by Gasteiger charge is -2.05. The van der Waals surface area contributed by atoms with Gasteiger partial charge in [0.05, 0.1) is 6.54 Å². The Morgan fingerprint density at radius 1 is 1.40 bits per heavy atom. The fourth-order valence-corrected chi connectivity index (χ4v) is 2.54. The molecular weight excluding hydrogens is 270 g/mol. The Bertz CT molecular complexity index is 664. The first-order chi connectivity index (χ1) is 9.70. The first-order valence-electron chi connectivity index (χ1n) is 6.21. The molecule has 0 radical (unpaired) electrons. The summed E-state index contributed by atoms with van der Waals surface area (Å²) in [4.78, 5) is 13.0. The zero-order chi connectivity index (χ0) is 14.4. The number of benzene rings is 1. The standard InChI is InChI=1S/C16H15NO2S/c1-12-4-2-5-14(10-12)16(19)17-11-15-13(6-3-8-18)7-9-20-15/h2,4-5,7,9-10,18H,8,11H2,1H3,(H,17,19). The Morgan fingerprint density at radius 3 is 3.00 bits per heavy atom. The van der Waals surface area contributed by atoms with Gasteiger partial charge in [0.25, 0.3) is 5.91 Å². The highest BCUT2D eigenvalue weighted by atomic mass is 32.1. The maximum atomic E-state index is 12.0. The minimum absolute atomic E-state index is 0.0943. The van der Waals surface area contributed by atoms with E-state index in [0.29, 0.717) is 12.1 Å². The third-order valence-electron chi connectivity index (χ3n) is 2.74. The number of carbonyl (C=O) groups is 1. The second-order valence-corrected chi connectivity index (χ2v) is 5.27. The van der Waals surface area contributed by atoms with Crippen molar-refractivity contribution in [2.75, 3.05) is 6.61 Å². The van der Waals surface area contributed by atoms with Gasteiger partial charge >= 0.3 is 0 Å². The van der Waals surface area contributed by atoms with Gasteiger partial charge in [0.1, 0.15) is 6.61 Å². The van der Waals surface area contributed by atoms with Crippen molar-refractivity contribution in [3.05, 3.63) is 57.3 Å². The first kappa shape index (κ1) is 14.3. The molecule has 1 amide bonds. The van der Waals surface area contributed by atoms with E-state index in [2.05, 4.69) is 17.2 Å². The van der Waals surface area contributed by atoms with Crippen LogP contribution in [0.1, 0.15) is 26.4 Å². The van der Waals surface area contributed by atoms with Gasteiger partial charge in [-0.25, -0.2) is 0 Å². The van der Waals surface area contributed by atoms with E-state index in [4.69, 9.17) is 5.11 Å². The van der Waals surface area contributed by atoms with Crippen LogP contribution >= 0.6 is 11.3 Å². The molecule has 2 N–H and O–H groups in total. The average molecular weight is 285 g/mol. The fraction of sp³-hybridized carbons (Fsp3) is 0.188. The van der Waals surface area contributed by atoms with E-state index in [-0.39, 0.29) is 12.5 Å². The summed E-state index contributed by atoms with van der Waals surface area (Å²) in [5, 5.41) is 13.5. The highest BCUT2D eigenvalue weighted by Gasteiger charge is 2.07. The highest BCUT2D eigenvalue weighted by molar-refractivity contribution is 7.10. The minimum Gasteiger partial charge on any atom is -0.384 e. The molecule has 0 fully saturated rings. The lowest BCUT2D eigenvalue weighted by atomic mass is 10.1. The largest absolute Gasteiger partial charge is 0.384 e. The van der Waals surface area contributed by atoms with Gasteiger partial charge in [0, 0.05) is 16.0 Å². The molecule has 2 aromatic rings. The molecular formula is C16H15NO2S. The molecule has 1 aromatic carbocycles. The molecule has 0 unspecified atom stereocenters. The molecule has 0 aliphatic rings. The van der Waals surface area contributed by atoms with Crippen LogP contribution in [0.3, 0.4) is 0 Å². The molecule has 3 nitrogen and oxygen atoms in total. The van der Waals surface area contributed by atoms with Gasteiger partial charge in [0.2, 0.25) is 0 Å². The Morgan fingerprint density at radius 2 is 2.25 bits per heavy atom. The number of aryl methyl sites for hydroxylation is 1. The Hall–Kier alpha value is -2.09. The quantitative estimate of drug-likeness (QED) is 0.850. The maximum absolute atomic E-state index is 12.0. The van der Waals surface area contributed by atoms with Gasteiger partial charge in [-0.1, -0.05) is 29.5 Å². The van der Waals surface area contributed by atoms with E-state index in [0.717, 1.165) is 16.0 Å². The molecule has 0 aliphatic heterocycles. The van der Waals surface area contributed by atoms with Gasteiger partial charge in [-0.3, -0.25) is 4.79 Å². The van der Waals surface area contributed by atoms with Crippen molar-refractivity contribution >= 4 is 17.2 Å². The Labute approximate surface area is 122 Å². The SMILES string of the molecule is Cc1cccc(C(=O)NCc2sccc2C#CCO)c1. The summed E-state index contributed by atoms with van der Waals surface area (Å²) < 4.78 is 0. The number of hydrogen-bond donors (Lipinski definition) is 2. The maximum Gasteiger partial charge on any atom is 0.251 e. The second-order valence-electron chi connectivity index (χ2n) is 4.27. The second kappa shape index (κ2) is 6.90. The summed E-state index contributed by atoms with van der Waals surface area (Å²) >= 11 is 1.54. The fourth-order valence-electron chi connectivity index (χ4n) is 1.77. The van der Waals surface area contributed by atoms with Gasteiger partial charge in [-0.15, -0.1) is 11.3 Å². The lowest BCUT2D eigenvalue weighted by molar-refractivity contribution is 0.0951. The summed E-state index contributed by atoms with van der Waals surface area (Å²) in [7, 11) is 0. The van der Waals surface area contributed by atoms with Crippen LogP contribution in [0.5, 0.6) is 0 Å². The van der Waals surface area contributed by atoms with Crippen molar-refractivity contribution in [1.82, 2.24) is 5.32 Å². The summed E-state index contributed by atoms with van der Waals surface area (Å²) in [5.74, 6) is 5.40. The van der Waals surface area contributed by atoms with E-state index in [1.54, 1.807) is 17.4 Å². The summed E-state index contributed by atoms with van der Waals surface area (Å²) in [6, 6.07) is 9.37. The topological polar surface area (TPSA) is 49.3 Å². The molecule has 0 saturated carbocycles. The van der Waals surface area contributed by atoms with E-state index < -0.39 is 0 Å². The normalized spacial score (nSPS) is 9.70. The van der Waals surface area contributed by atoms with Crippen molar-refractivity contribution in [3.63, 3.8) is 0 Å². The smallest absolute Gasteiger partial charge is 0.251 e. The number of rotatable bonds is 3. The van der Waals surface area contributed by atoms with Crippen LogP contribution < -0.4 is 5.32 Å². The van der Waals surface area contributed by atoms with Crippen LogP contribution in [0, 0.1) is 18.8 Å². The molecule has 2 rings (SSSR count). The average Bonchev–Trinajstić information content (AvgIpc) is 2.90. The minimum atomic E-state index is -0.162. The molecule has 0 atom stereocenters. The third-order valence-corrected chi connectivity index (χ3v) is 3.66. The summed E-state index contributed by atoms with van der Waals surface area (Å²) in [6.45, 7) is 2.24. The highest BCUT2D eigenvalue weighted by Crippen LogP contribution is 2.15. The van der Waals surface area contributed by atoms with Crippen molar-refractivity contribution in [3.8, 4) is 11.8 Å². The van der Waals surface area contributed by atoms with Crippen molar-refractivity contribution in [2.24, 2.45) is 0 Å².